The highest BCUT2D eigenvalue weighted by Gasteiger charge is 2.31. The number of piperazine rings is 1. The zero-order valence-electron chi connectivity index (χ0n) is 21.3. The van der Waals surface area contributed by atoms with Crippen molar-refractivity contribution in [2.24, 2.45) is 0 Å². The van der Waals surface area contributed by atoms with Crippen LogP contribution in [-0.2, 0) is 24.1 Å². The Kier molecular flexibility index (Phi) is 7.47. The van der Waals surface area contributed by atoms with E-state index in [0.717, 1.165) is 0 Å². The molecule has 1 saturated heterocycles. The van der Waals surface area contributed by atoms with Crippen LogP contribution >= 0.6 is 0 Å². The SMILES string of the molecule is Nc1ncnn2c(CN3CCNC(=O)C3)c(CO)c(-c3ccc(NC(=O)Nc4cc(C(F)(F)F)ccc4F)cc3)c12. The molecule has 15 heteroatoms. The molecule has 4 aromatic rings. The number of amides is 3. The number of nitrogens with zero attached hydrogens (tertiary/aromatic N) is 4. The average molecular weight is 573 g/mol. The molecule has 1 aliphatic heterocycles. The molecule has 2 aromatic carbocycles. The van der Waals surface area contributed by atoms with Crippen LogP contribution in [0.25, 0.3) is 16.6 Å². The van der Waals surface area contributed by atoms with E-state index in [1.807, 2.05) is 4.90 Å². The Morgan fingerprint density at radius 3 is 2.59 bits per heavy atom. The number of rotatable bonds is 6. The van der Waals surface area contributed by atoms with E-state index in [1.165, 1.54) is 18.5 Å². The van der Waals surface area contributed by atoms with E-state index in [2.05, 4.69) is 26.0 Å². The molecule has 0 unspecified atom stereocenters. The summed E-state index contributed by atoms with van der Waals surface area (Å²) in [6.07, 6.45) is -3.41. The fourth-order valence-corrected chi connectivity index (χ4v) is 4.70. The fraction of sp³-hybridized carbons (Fsp3) is 0.231. The minimum absolute atomic E-state index is 0.111. The Morgan fingerprint density at radius 2 is 1.90 bits per heavy atom. The van der Waals surface area contributed by atoms with Gasteiger partial charge in [0.15, 0.2) is 5.82 Å². The van der Waals surface area contributed by atoms with Gasteiger partial charge in [0.25, 0.3) is 0 Å². The highest BCUT2D eigenvalue weighted by atomic mass is 19.4. The van der Waals surface area contributed by atoms with Crippen molar-refractivity contribution < 1.29 is 32.3 Å². The van der Waals surface area contributed by atoms with Crippen LogP contribution in [0.1, 0.15) is 16.8 Å². The molecule has 0 bridgehead atoms. The molecule has 214 valence electrons. The lowest BCUT2D eigenvalue weighted by Crippen LogP contribution is -2.47. The van der Waals surface area contributed by atoms with Gasteiger partial charge in [-0.15, -0.1) is 0 Å². The molecule has 3 heterocycles. The zero-order chi connectivity index (χ0) is 29.3. The number of nitrogen functional groups attached to an aromatic ring is 1. The molecule has 0 spiro atoms. The number of aliphatic hydroxyl groups is 1. The molecule has 0 aliphatic carbocycles. The number of halogens is 4. The number of alkyl halides is 3. The molecule has 0 saturated carbocycles. The van der Waals surface area contributed by atoms with Crippen molar-refractivity contribution >= 4 is 34.6 Å². The van der Waals surface area contributed by atoms with Crippen LogP contribution in [0.4, 0.5) is 39.5 Å². The number of aliphatic hydroxyl groups excluding tert-OH is 1. The van der Waals surface area contributed by atoms with Gasteiger partial charge in [-0.05, 0) is 35.9 Å². The van der Waals surface area contributed by atoms with Crippen molar-refractivity contribution in [3.63, 3.8) is 0 Å². The largest absolute Gasteiger partial charge is 0.416 e. The van der Waals surface area contributed by atoms with Gasteiger partial charge in [-0.1, -0.05) is 12.1 Å². The summed E-state index contributed by atoms with van der Waals surface area (Å²) >= 11 is 0. The first-order chi connectivity index (χ1) is 19.5. The Balaban J connectivity index is 1.41. The summed E-state index contributed by atoms with van der Waals surface area (Å²) in [6.45, 7) is 1.22. The molecule has 0 radical (unpaired) electrons. The second kappa shape index (κ2) is 11.0. The second-order valence-electron chi connectivity index (χ2n) is 9.27. The number of anilines is 3. The minimum Gasteiger partial charge on any atom is -0.392 e. The maximum atomic E-state index is 14.0. The van der Waals surface area contributed by atoms with Crippen LogP contribution in [0.5, 0.6) is 0 Å². The van der Waals surface area contributed by atoms with Gasteiger partial charge < -0.3 is 26.8 Å². The van der Waals surface area contributed by atoms with Crippen LogP contribution in [0.2, 0.25) is 0 Å². The molecule has 5 rings (SSSR count). The Labute approximate surface area is 230 Å². The molecule has 41 heavy (non-hydrogen) atoms. The van der Waals surface area contributed by atoms with Crippen molar-refractivity contribution in [1.82, 2.24) is 24.8 Å². The number of nitrogens with one attached hydrogen (secondary N) is 3. The monoisotopic (exact) mass is 572 g/mol. The van der Waals surface area contributed by atoms with E-state index in [4.69, 9.17) is 5.73 Å². The van der Waals surface area contributed by atoms with Crippen LogP contribution in [0.3, 0.4) is 0 Å². The lowest BCUT2D eigenvalue weighted by molar-refractivity contribution is -0.137. The van der Waals surface area contributed by atoms with E-state index in [9.17, 15) is 32.3 Å². The molecule has 1 fully saturated rings. The minimum atomic E-state index is -4.70. The average Bonchev–Trinajstić information content (AvgIpc) is 3.24. The van der Waals surface area contributed by atoms with Gasteiger partial charge in [0.2, 0.25) is 5.91 Å². The molecular weight excluding hydrogens is 548 g/mol. The van der Waals surface area contributed by atoms with Gasteiger partial charge in [-0.3, -0.25) is 9.69 Å². The Morgan fingerprint density at radius 1 is 1.15 bits per heavy atom. The van der Waals surface area contributed by atoms with Crippen molar-refractivity contribution in [3.05, 3.63) is 71.4 Å². The standard InChI is InChI=1S/C26H24F4N8O3/c27-18-6-3-15(26(28,29)30)9-19(18)36-25(41)35-16-4-1-14(2-5-16)22-17(12-39)20(10-37-8-7-32-21(40)11-37)38-23(22)24(31)33-13-34-38/h1-6,9,13,39H,7-8,10-12H2,(H,32,40)(H2,31,33,34)(H2,35,36,41). The number of benzene rings is 2. The Hall–Kier alpha value is -4.76. The fourth-order valence-electron chi connectivity index (χ4n) is 4.70. The van der Waals surface area contributed by atoms with E-state index in [0.29, 0.717) is 65.7 Å². The predicted octanol–water partition coefficient (Wildman–Crippen LogP) is 3.20. The summed E-state index contributed by atoms with van der Waals surface area (Å²) in [5.41, 5.74) is 7.50. The van der Waals surface area contributed by atoms with Gasteiger partial charge in [0.1, 0.15) is 17.7 Å². The maximum absolute atomic E-state index is 14.0. The normalized spacial score (nSPS) is 14.2. The summed E-state index contributed by atoms with van der Waals surface area (Å²) < 4.78 is 54.5. The molecule has 3 amide bonds. The molecule has 0 atom stereocenters. The van der Waals surface area contributed by atoms with Crippen LogP contribution in [0, 0.1) is 5.82 Å². The number of urea groups is 1. The summed E-state index contributed by atoms with van der Waals surface area (Å²) in [7, 11) is 0. The van der Waals surface area contributed by atoms with Crippen LogP contribution in [-0.4, -0.2) is 56.2 Å². The van der Waals surface area contributed by atoms with Gasteiger partial charge in [-0.2, -0.15) is 18.3 Å². The number of hydrogen-bond donors (Lipinski definition) is 5. The first kappa shape index (κ1) is 27.8. The van der Waals surface area contributed by atoms with Crippen molar-refractivity contribution in [3.8, 4) is 11.1 Å². The smallest absolute Gasteiger partial charge is 0.392 e. The number of aromatic nitrogens is 3. The topological polar surface area (TPSA) is 150 Å². The summed E-state index contributed by atoms with van der Waals surface area (Å²) in [5, 5.41) is 22.0. The number of carbonyl (C=O) groups is 2. The quantitative estimate of drug-likeness (QED) is 0.223. The van der Waals surface area contributed by atoms with Gasteiger partial charge in [-0.25, -0.2) is 18.7 Å². The molecule has 1 aliphatic rings. The third-order valence-electron chi connectivity index (χ3n) is 6.58. The second-order valence-corrected chi connectivity index (χ2v) is 9.27. The van der Waals surface area contributed by atoms with Crippen LogP contribution in [0.15, 0.2) is 48.8 Å². The van der Waals surface area contributed by atoms with Crippen molar-refractivity contribution in [1.29, 1.82) is 0 Å². The number of carbonyl (C=O) groups excluding carboxylic acids is 2. The van der Waals surface area contributed by atoms with Crippen LogP contribution < -0.4 is 21.7 Å². The third-order valence-corrected chi connectivity index (χ3v) is 6.58. The summed E-state index contributed by atoms with van der Waals surface area (Å²) in [4.78, 5) is 30.3. The lowest BCUT2D eigenvalue weighted by Gasteiger charge is -2.26. The molecular formula is C26H24F4N8O3. The predicted molar refractivity (Wildman–Crippen MR) is 141 cm³/mol. The molecule has 2 aromatic heterocycles. The zero-order valence-corrected chi connectivity index (χ0v) is 21.3. The highest BCUT2D eigenvalue weighted by molar-refractivity contribution is 6.00. The van der Waals surface area contributed by atoms with Gasteiger partial charge in [0.05, 0.1) is 30.1 Å². The molecule has 11 nitrogen and oxygen atoms in total. The summed E-state index contributed by atoms with van der Waals surface area (Å²) in [6, 6.07) is 7.08. The first-order valence-electron chi connectivity index (χ1n) is 12.3. The van der Waals surface area contributed by atoms with E-state index in [-0.39, 0.29) is 30.6 Å². The third kappa shape index (κ3) is 5.76. The summed E-state index contributed by atoms with van der Waals surface area (Å²) in [5.74, 6) is -0.974. The maximum Gasteiger partial charge on any atom is 0.416 e. The number of hydrogen-bond acceptors (Lipinski definition) is 7. The van der Waals surface area contributed by atoms with Crippen molar-refractivity contribution in [2.45, 2.75) is 19.3 Å². The van der Waals surface area contributed by atoms with Crippen molar-refractivity contribution in [2.75, 3.05) is 36.0 Å². The lowest BCUT2D eigenvalue weighted by atomic mass is 10.0. The van der Waals surface area contributed by atoms with Gasteiger partial charge >= 0.3 is 12.2 Å². The highest BCUT2D eigenvalue weighted by Crippen LogP contribution is 2.36. The van der Waals surface area contributed by atoms with E-state index < -0.39 is 29.3 Å². The van der Waals surface area contributed by atoms with Gasteiger partial charge in [0, 0.05) is 36.4 Å². The number of nitrogens with two attached hydrogens (primary N) is 1. The first-order valence-corrected chi connectivity index (χ1v) is 12.3. The number of fused-ring (bicyclic) bond motifs is 1. The van der Waals surface area contributed by atoms with E-state index in [1.54, 1.807) is 16.6 Å². The van der Waals surface area contributed by atoms with E-state index >= 15 is 0 Å². The molecule has 6 N–H and O–H groups in total. The Bertz CT molecular complexity index is 1620.